The standard InChI is InChI=1S/C16H17ClN2O2/c17-16(21)14-12(8-10-4-3-7-18-9-10)15(20)11-5-1-2-6-13(11)19-14/h1-2,5-6,10,18H,3-4,7-9H2,(H,19,20)/t10-/m0/s1. The summed E-state index contributed by atoms with van der Waals surface area (Å²) in [6.07, 6.45) is 2.75. The van der Waals surface area contributed by atoms with E-state index < -0.39 is 5.24 Å². The molecule has 0 spiro atoms. The van der Waals surface area contributed by atoms with Crippen LogP contribution in [0.5, 0.6) is 0 Å². The molecule has 2 aromatic rings. The number of hydrogen-bond donors (Lipinski definition) is 2. The Morgan fingerprint density at radius 2 is 2.14 bits per heavy atom. The van der Waals surface area contributed by atoms with Gasteiger partial charge in [0.05, 0.1) is 0 Å². The summed E-state index contributed by atoms with van der Waals surface area (Å²) in [5.74, 6) is 0.371. The predicted octanol–water partition coefficient (Wildman–Crippen LogP) is 2.45. The molecule has 1 saturated heterocycles. The first kappa shape index (κ1) is 14.3. The van der Waals surface area contributed by atoms with Gasteiger partial charge in [-0.25, -0.2) is 0 Å². The first-order chi connectivity index (χ1) is 10.2. The number of hydrogen-bond acceptors (Lipinski definition) is 3. The maximum absolute atomic E-state index is 12.7. The zero-order valence-corrected chi connectivity index (χ0v) is 12.4. The lowest BCUT2D eigenvalue weighted by Gasteiger charge is -2.23. The van der Waals surface area contributed by atoms with E-state index in [-0.39, 0.29) is 11.1 Å². The Labute approximate surface area is 127 Å². The number of rotatable bonds is 3. The van der Waals surface area contributed by atoms with Crippen LogP contribution in [0.15, 0.2) is 29.1 Å². The molecule has 0 aliphatic carbocycles. The number of pyridine rings is 1. The van der Waals surface area contributed by atoms with Crippen LogP contribution in [0, 0.1) is 5.92 Å². The molecule has 0 unspecified atom stereocenters. The zero-order valence-electron chi connectivity index (χ0n) is 11.6. The smallest absolute Gasteiger partial charge is 0.269 e. The van der Waals surface area contributed by atoms with Gasteiger partial charge in [-0.3, -0.25) is 9.59 Å². The van der Waals surface area contributed by atoms with E-state index in [9.17, 15) is 9.59 Å². The Hall–Kier alpha value is -1.65. The van der Waals surface area contributed by atoms with Gasteiger partial charge in [0.15, 0.2) is 5.43 Å². The number of nitrogens with one attached hydrogen (secondary N) is 2. The Morgan fingerprint density at radius 1 is 1.33 bits per heavy atom. The molecule has 4 nitrogen and oxygen atoms in total. The Bertz CT molecular complexity index is 733. The van der Waals surface area contributed by atoms with Crippen molar-refractivity contribution >= 4 is 27.7 Å². The fourth-order valence-corrected chi connectivity index (χ4v) is 3.19. The molecular formula is C16H17ClN2O2. The highest BCUT2D eigenvalue weighted by atomic mass is 35.5. The molecule has 110 valence electrons. The van der Waals surface area contributed by atoms with E-state index in [1.807, 2.05) is 12.1 Å². The van der Waals surface area contributed by atoms with E-state index in [1.165, 1.54) is 0 Å². The van der Waals surface area contributed by atoms with Crippen molar-refractivity contribution in [2.75, 3.05) is 13.1 Å². The summed E-state index contributed by atoms with van der Waals surface area (Å²) >= 11 is 5.67. The van der Waals surface area contributed by atoms with E-state index in [0.29, 0.717) is 28.8 Å². The molecule has 5 heteroatoms. The lowest BCUT2D eigenvalue weighted by Crippen LogP contribution is -2.32. The summed E-state index contributed by atoms with van der Waals surface area (Å²) in [5, 5.41) is 3.34. The van der Waals surface area contributed by atoms with E-state index in [4.69, 9.17) is 11.6 Å². The van der Waals surface area contributed by atoms with Crippen molar-refractivity contribution in [3.8, 4) is 0 Å². The second kappa shape index (κ2) is 6.00. The fraction of sp³-hybridized carbons (Fsp3) is 0.375. The monoisotopic (exact) mass is 304 g/mol. The van der Waals surface area contributed by atoms with Crippen LogP contribution in [0.3, 0.4) is 0 Å². The van der Waals surface area contributed by atoms with E-state index >= 15 is 0 Å². The molecule has 0 amide bonds. The summed E-state index contributed by atoms with van der Waals surface area (Å²) in [5.41, 5.74) is 1.32. The lowest BCUT2D eigenvalue weighted by molar-refractivity contribution is 0.107. The van der Waals surface area contributed by atoms with Gasteiger partial charge < -0.3 is 10.3 Å². The quantitative estimate of drug-likeness (QED) is 0.856. The molecule has 1 aliphatic heterocycles. The maximum atomic E-state index is 12.7. The molecule has 0 saturated carbocycles. The number of carbonyl (C=O) groups excluding carboxylic acids is 1. The van der Waals surface area contributed by atoms with Crippen LogP contribution < -0.4 is 10.7 Å². The highest BCUT2D eigenvalue weighted by Gasteiger charge is 2.21. The highest BCUT2D eigenvalue weighted by molar-refractivity contribution is 6.67. The van der Waals surface area contributed by atoms with Gasteiger partial charge in [-0.1, -0.05) is 12.1 Å². The number of aromatic nitrogens is 1. The number of piperidine rings is 1. The average Bonchev–Trinajstić information content (AvgIpc) is 2.51. The van der Waals surface area contributed by atoms with E-state index in [1.54, 1.807) is 12.1 Å². The van der Waals surface area contributed by atoms with Gasteiger partial charge in [0, 0.05) is 16.5 Å². The molecule has 1 fully saturated rings. The van der Waals surface area contributed by atoms with Crippen molar-refractivity contribution in [1.29, 1.82) is 0 Å². The van der Waals surface area contributed by atoms with E-state index in [0.717, 1.165) is 25.9 Å². The van der Waals surface area contributed by atoms with Gasteiger partial charge in [0.2, 0.25) is 0 Å². The van der Waals surface area contributed by atoms with Crippen LogP contribution in [0.2, 0.25) is 0 Å². The van der Waals surface area contributed by atoms with Crippen LogP contribution >= 0.6 is 11.6 Å². The molecule has 1 aromatic carbocycles. The normalized spacial score (nSPS) is 18.8. The molecule has 1 aliphatic rings. The van der Waals surface area contributed by atoms with Crippen molar-refractivity contribution in [1.82, 2.24) is 10.3 Å². The Morgan fingerprint density at radius 3 is 2.86 bits per heavy atom. The van der Waals surface area contributed by atoms with Gasteiger partial charge >= 0.3 is 0 Å². The minimum atomic E-state index is -0.600. The number of fused-ring (bicyclic) bond motifs is 1. The third kappa shape index (κ3) is 2.87. The molecular weight excluding hydrogens is 288 g/mol. The van der Waals surface area contributed by atoms with Crippen molar-refractivity contribution in [3.63, 3.8) is 0 Å². The highest BCUT2D eigenvalue weighted by Crippen LogP contribution is 2.19. The SMILES string of the molecule is O=C(Cl)c1[nH]c2ccccc2c(=O)c1C[C@@H]1CCCNC1. The first-order valence-corrected chi connectivity index (χ1v) is 7.59. The topological polar surface area (TPSA) is 62.0 Å². The first-order valence-electron chi connectivity index (χ1n) is 7.21. The number of benzene rings is 1. The van der Waals surface area contributed by atoms with Gasteiger partial charge in [0.25, 0.3) is 5.24 Å². The van der Waals surface area contributed by atoms with Crippen LogP contribution in [0.4, 0.5) is 0 Å². The summed E-state index contributed by atoms with van der Waals surface area (Å²) in [4.78, 5) is 27.4. The van der Waals surface area contributed by atoms with Crippen LogP contribution in [0.25, 0.3) is 10.9 Å². The Kier molecular flexibility index (Phi) is 4.08. The summed E-state index contributed by atoms with van der Waals surface area (Å²) in [6, 6.07) is 7.21. The molecule has 0 bridgehead atoms. The summed E-state index contributed by atoms with van der Waals surface area (Å²) in [6.45, 7) is 1.90. The third-order valence-electron chi connectivity index (χ3n) is 4.10. The number of para-hydroxylation sites is 1. The Balaban J connectivity index is 2.10. The molecule has 2 heterocycles. The van der Waals surface area contributed by atoms with Crippen molar-refractivity contribution in [2.45, 2.75) is 19.3 Å². The van der Waals surface area contributed by atoms with E-state index in [2.05, 4.69) is 10.3 Å². The molecule has 0 radical (unpaired) electrons. The number of aromatic amines is 1. The van der Waals surface area contributed by atoms with Crippen molar-refractivity contribution in [3.05, 3.63) is 45.7 Å². The molecule has 21 heavy (non-hydrogen) atoms. The molecule has 1 atom stereocenters. The van der Waals surface area contributed by atoms with Crippen molar-refractivity contribution < 1.29 is 4.79 Å². The van der Waals surface area contributed by atoms with Gasteiger partial charge in [-0.2, -0.15) is 0 Å². The fourth-order valence-electron chi connectivity index (χ4n) is 3.03. The maximum Gasteiger partial charge on any atom is 0.269 e. The minimum Gasteiger partial charge on any atom is -0.351 e. The number of carbonyl (C=O) groups is 1. The summed E-state index contributed by atoms with van der Waals surface area (Å²) < 4.78 is 0. The zero-order chi connectivity index (χ0) is 14.8. The predicted molar refractivity (Wildman–Crippen MR) is 84.0 cm³/mol. The van der Waals surface area contributed by atoms with Crippen LogP contribution in [0.1, 0.15) is 28.9 Å². The third-order valence-corrected chi connectivity index (χ3v) is 4.28. The lowest BCUT2D eigenvalue weighted by atomic mass is 9.91. The minimum absolute atomic E-state index is 0.0843. The largest absolute Gasteiger partial charge is 0.351 e. The van der Waals surface area contributed by atoms with Gasteiger partial charge in [-0.15, -0.1) is 0 Å². The van der Waals surface area contributed by atoms with Gasteiger partial charge in [0.1, 0.15) is 5.69 Å². The number of halogens is 1. The van der Waals surface area contributed by atoms with Crippen LogP contribution in [-0.4, -0.2) is 23.3 Å². The molecule has 1 aromatic heterocycles. The average molecular weight is 305 g/mol. The van der Waals surface area contributed by atoms with Crippen molar-refractivity contribution in [2.24, 2.45) is 5.92 Å². The molecule has 2 N–H and O–H groups in total. The second-order valence-electron chi connectivity index (χ2n) is 5.54. The second-order valence-corrected chi connectivity index (χ2v) is 5.89. The summed E-state index contributed by atoms with van der Waals surface area (Å²) in [7, 11) is 0. The number of H-pyrrole nitrogens is 1. The van der Waals surface area contributed by atoms with Gasteiger partial charge in [-0.05, 0) is 62.0 Å². The molecule has 3 rings (SSSR count). The van der Waals surface area contributed by atoms with Crippen LogP contribution in [-0.2, 0) is 6.42 Å².